The first-order valence-corrected chi connectivity index (χ1v) is 5.52. The summed E-state index contributed by atoms with van der Waals surface area (Å²) in [5, 5.41) is 3.44. The smallest absolute Gasteiger partial charge is 0.216 e. The lowest BCUT2D eigenvalue weighted by Crippen LogP contribution is -2.25. The molecule has 0 aliphatic carbocycles. The van der Waals surface area contributed by atoms with Gasteiger partial charge in [-0.05, 0) is 37.1 Å². The first-order chi connectivity index (χ1) is 7.50. The van der Waals surface area contributed by atoms with Gasteiger partial charge in [0.15, 0.2) is 0 Å². The van der Waals surface area contributed by atoms with Crippen LogP contribution in [0.1, 0.15) is 18.1 Å². The molecule has 4 heteroatoms. The number of ether oxygens (including phenoxy) is 1. The Labute approximate surface area is 101 Å². The number of nitrogens with one attached hydrogen (secondary N) is 1. The molecular weight excluding hydrogens is 226 g/mol. The Hall–Kier alpha value is -1.22. The molecule has 0 saturated carbocycles. The predicted molar refractivity (Wildman–Crippen MR) is 65.1 cm³/mol. The van der Waals surface area contributed by atoms with Gasteiger partial charge in [0.1, 0.15) is 12.4 Å². The highest BCUT2D eigenvalue weighted by atomic mass is 35.5. The normalized spacial score (nSPS) is 10.0. The molecule has 1 N–H and O–H groups in total. The first-order valence-electron chi connectivity index (χ1n) is 5.14. The number of carbonyl (C=O) groups is 1. The number of hydrogen-bond donors (Lipinski definition) is 1. The molecule has 0 fully saturated rings. The highest BCUT2D eigenvalue weighted by molar-refractivity contribution is 6.32. The number of carbonyl (C=O) groups excluding carboxylic acids is 1. The molecule has 1 aromatic rings. The number of halogens is 1. The molecule has 0 aliphatic rings. The highest BCUT2D eigenvalue weighted by Gasteiger charge is 2.03. The van der Waals surface area contributed by atoms with E-state index in [1.807, 2.05) is 26.0 Å². The van der Waals surface area contributed by atoms with E-state index in [-0.39, 0.29) is 5.91 Å². The van der Waals surface area contributed by atoms with E-state index in [0.717, 1.165) is 21.9 Å². The second-order valence-corrected chi connectivity index (χ2v) is 4.08. The molecule has 88 valence electrons. The summed E-state index contributed by atoms with van der Waals surface area (Å²) in [6.45, 7) is 6.33. The summed E-state index contributed by atoms with van der Waals surface area (Å²) in [5.74, 6) is 0.733. The van der Waals surface area contributed by atoms with Crippen LogP contribution in [0.4, 0.5) is 0 Å². The maximum atomic E-state index is 10.6. The molecule has 0 bridgehead atoms. The van der Waals surface area contributed by atoms with Crippen LogP contribution in [0, 0.1) is 13.8 Å². The summed E-state index contributed by atoms with van der Waals surface area (Å²) in [6, 6.07) is 3.78. The zero-order valence-corrected chi connectivity index (χ0v) is 10.5. The van der Waals surface area contributed by atoms with Crippen LogP contribution in [-0.4, -0.2) is 19.1 Å². The summed E-state index contributed by atoms with van der Waals surface area (Å²) in [6.07, 6.45) is 0. The SMILES string of the molecule is CC(=O)NCCOc1cc(C)c(Cl)c(C)c1. The van der Waals surface area contributed by atoms with Gasteiger partial charge in [-0.1, -0.05) is 11.6 Å². The quantitative estimate of drug-likeness (QED) is 0.823. The average Bonchev–Trinajstić information content (AvgIpc) is 2.20. The molecule has 0 unspecified atom stereocenters. The number of hydrogen-bond acceptors (Lipinski definition) is 2. The first kappa shape index (κ1) is 12.8. The van der Waals surface area contributed by atoms with Crippen LogP contribution in [0.15, 0.2) is 12.1 Å². The minimum Gasteiger partial charge on any atom is -0.492 e. The van der Waals surface area contributed by atoms with Crippen molar-refractivity contribution in [2.24, 2.45) is 0 Å². The van der Waals surface area contributed by atoms with Crippen molar-refractivity contribution in [1.82, 2.24) is 5.32 Å². The number of rotatable bonds is 4. The van der Waals surface area contributed by atoms with Crippen molar-refractivity contribution in [3.63, 3.8) is 0 Å². The lowest BCUT2D eigenvalue weighted by Gasteiger charge is -2.10. The van der Waals surface area contributed by atoms with Crippen molar-refractivity contribution >= 4 is 17.5 Å². The van der Waals surface area contributed by atoms with Crippen molar-refractivity contribution < 1.29 is 9.53 Å². The van der Waals surface area contributed by atoms with Crippen LogP contribution in [0.3, 0.4) is 0 Å². The van der Waals surface area contributed by atoms with E-state index in [2.05, 4.69) is 5.32 Å². The summed E-state index contributed by atoms with van der Waals surface area (Å²) < 4.78 is 5.50. The van der Waals surface area contributed by atoms with E-state index < -0.39 is 0 Å². The minimum absolute atomic E-state index is 0.0490. The summed E-state index contributed by atoms with van der Waals surface area (Å²) in [7, 11) is 0. The topological polar surface area (TPSA) is 38.3 Å². The van der Waals surface area contributed by atoms with Crippen molar-refractivity contribution in [3.05, 3.63) is 28.3 Å². The van der Waals surface area contributed by atoms with Gasteiger partial charge in [0.05, 0.1) is 6.54 Å². The Morgan fingerprint density at radius 3 is 2.44 bits per heavy atom. The Morgan fingerprint density at radius 2 is 1.94 bits per heavy atom. The van der Waals surface area contributed by atoms with Gasteiger partial charge in [0, 0.05) is 11.9 Å². The second-order valence-electron chi connectivity index (χ2n) is 3.70. The van der Waals surface area contributed by atoms with E-state index in [1.54, 1.807) is 0 Å². The van der Waals surface area contributed by atoms with E-state index in [1.165, 1.54) is 6.92 Å². The molecule has 0 atom stereocenters. The van der Waals surface area contributed by atoms with Gasteiger partial charge in [-0.25, -0.2) is 0 Å². The number of benzene rings is 1. The van der Waals surface area contributed by atoms with Crippen LogP contribution in [0.5, 0.6) is 5.75 Å². The van der Waals surface area contributed by atoms with Gasteiger partial charge >= 0.3 is 0 Å². The minimum atomic E-state index is -0.0490. The predicted octanol–water partition coefficient (Wildman–Crippen LogP) is 2.47. The fourth-order valence-electron chi connectivity index (χ4n) is 1.39. The van der Waals surface area contributed by atoms with Crippen molar-refractivity contribution in [2.75, 3.05) is 13.2 Å². The average molecular weight is 242 g/mol. The molecule has 0 aromatic heterocycles. The molecule has 0 heterocycles. The van der Waals surface area contributed by atoms with Gasteiger partial charge in [0.2, 0.25) is 5.91 Å². The fourth-order valence-corrected chi connectivity index (χ4v) is 1.49. The molecule has 0 aliphatic heterocycles. The van der Waals surface area contributed by atoms with Gasteiger partial charge in [0.25, 0.3) is 0 Å². The molecule has 3 nitrogen and oxygen atoms in total. The Morgan fingerprint density at radius 1 is 1.38 bits per heavy atom. The molecule has 1 rings (SSSR count). The van der Waals surface area contributed by atoms with Crippen LogP contribution >= 0.6 is 11.6 Å². The second kappa shape index (κ2) is 5.75. The van der Waals surface area contributed by atoms with E-state index in [4.69, 9.17) is 16.3 Å². The van der Waals surface area contributed by atoms with Crippen molar-refractivity contribution in [1.29, 1.82) is 0 Å². The van der Waals surface area contributed by atoms with Crippen LogP contribution < -0.4 is 10.1 Å². The molecular formula is C12H16ClNO2. The third kappa shape index (κ3) is 3.74. The van der Waals surface area contributed by atoms with Gasteiger partial charge in [-0.15, -0.1) is 0 Å². The van der Waals surface area contributed by atoms with Gasteiger partial charge in [-0.2, -0.15) is 0 Å². The van der Waals surface area contributed by atoms with Crippen LogP contribution in [0.25, 0.3) is 0 Å². The van der Waals surface area contributed by atoms with E-state index in [0.29, 0.717) is 13.2 Å². The standard InChI is InChI=1S/C12H16ClNO2/c1-8-6-11(7-9(2)12(8)13)16-5-4-14-10(3)15/h6-7H,4-5H2,1-3H3,(H,14,15). The van der Waals surface area contributed by atoms with E-state index in [9.17, 15) is 4.79 Å². The van der Waals surface area contributed by atoms with Crippen LogP contribution in [0.2, 0.25) is 5.02 Å². The van der Waals surface area contributed by atoms with Gasteiger partial charge in [-0.3, -0.25) is 4.79 Å². The summed E-state index contributed by atoms with van der Waals surface area (Å²) >= 11 is 6.04. The molecule has 0 spiro atoms. The molecule has 16 heavy (non-hydrogen) atoms. The summed E-state index contributed by atoms with van der Waals surface area (Å²) in [5.41, 5.74) is 1.99. The zero-order valence-electron chi connectivity index (χ0n) is 9.76. The zero-order chi connectivity index (χ0) is 12.1. The van der Waals surface area contributed by atoms with Crippen LogP contribution in [-0.2, 0) is 4.79 Å². The Balaban J connectivity index is 2.52. The third-order valence-corrected chi connectivity index (χ3v) is 2.75. The van der Waals surface area contributed by atoms with Crippen molar-refractivity contribution in [2.45, 2.75) is 20.8 Å². The lowest BCUT2D eigenvalue weighted by atomic mass is 10.1. The maximum Gasteiger partial charge on any atom is 0.216 e. The monoisotopic (exact) mass is 241 g/mol. The third-order valence-electron chi connectivity index (χ3n) is 2.15. The summed E-state index contributed by atoms with van der Waals surface area (Å²) in [4.78, 5) is 10.6. The van der Waals surface area contributed by atoms with E-state index >= 15 is 0 Å². The number of amides is 1. The Kier molecular flexibility index (Phi) is 4.62. The number of aryl methyl sites for hydroxylation is 2. The highest BCUT2D eigenvalue weighted by Crippen LogP contribution is 2.25. The van der Waals surface area contributed by atoms with Gasteiger partial charge < -0.3 is 10.1 Å². The Bertz CT molecular complexity index is 368. The maximum absolute atomic E-state index is 10.6. The molecule has 1 amide bonds. The lowest BCUT2D eigenvalue weighted by molar-refractivity contribution is -0.119. The molecule has 0 saturated heterocycles. The van der Waals surface area contributed by atoms with Crippen molar-refractivity contribution in [3.8, 4) is 5.75 Å². The largest absolute Gasteiger partial charge is 0.492 e. The fraction of sp³-hybridized carbons (Fsp3) is 0.417. The molecule has 1 aromatic carbocycles. The molecule has 0 radical (unpaired) electrons.